The lowest BCUT2D eigenvalue weighted by atomic mass is 10.1. The fraction of sp³-hybridized carbons (Fsp3) is 0.143. The first-order chi connectivity index (χ1) is 8.58. The van der Waals surface area contributed by atoms with Crippen LogP contribution in [0, 0.1) is 0 Å². The van der Waals surface area contributed by atoms with Crippen LogP contribution in [0.25, 0.3) is 0 Å². The number of halogens is 2. The van der Waals surface area contributed by atoms with Crippen molar-refractivity contribution in [3.05, 3.63) is 57.5 Å². The largest absolute Gasteiger partial charge is 0.456 e. The van der Waals surface area contributed by atoms with Gasteiger partial charge in [-0.1, -0.05) is 29.8 Å². The standard InChI is InChI=1S/C14H13BrClNO/c1-9(17)11-4-2-3-5-13(11)18-14-7-6-10(16)8-12(14)15/h2-9H,17H2,1H3. The highest BCUT2D eigenvalue weighted by Crippen LogP contribution is 2.34. The molecule has 0 bridgehead atoms. The summed E-state index contributed by atoms with van der Waals surface area (Å²) < 4.78 is 6.69. The molecule has 1 atom stereocenters. The van der Waals surface area contributed by atoms with Crippen LogP contribution in [-0.4, -0.2) is 0 Å². The fourth-order valence-electron chi connectivity index (χ4n) is 1.63. The van der Waals surface area contributed by atoms with Gasteiger partial charge < -0.3 is 10.5 Å². The summed E-state index contributed by atoms with van der Waals surface area (Å²) in [6.07, 6.45) is 0. The van der Waals surface area contributed by atoms with Gasteiger partial charge in [-0.3, -0.25) is 0 Å². The summed E-state index contributed by atoms with van der Waals surface area (Å²) >= 11 is 9.32. The highest BCUT2D eigenvalue weighted by molar-refractivity contribution is 9.10. The van der Waals surface area contributed by atoms with Crippen LogP contribution < -0.4 is 10.5 Å². The van der Waals surface area contributed by atoms with Gasteiger partial charge in [-0.15, -0.1) is 0 Å². The quantitative estimate of drug-likeness (QED) is 0.869. The van der Waals surface area contributed by atoms with Gasteiger partial charge in [0, 0.05) is 16.6 Å². The molecule has 2 rings (SSSR count). The average Bonchev–Trinajstić information content (AvgIpc) is 2.33. The third-order valence-electron chi connectivity index (χ3n) is 2.52. The molecule has 4 heteroatoms. The Hall–Kier alpha value is -1.03. The van der Waals surface area contributed by atoms with E-state index in [2.05, 4.69) is 15.9 Å². The van der Waals surface area contributed by atoms with Crippen LogP contribution in [0.2, 0.25) is 5.02 Å². The smallest absolute Gasteiger partial charge is 0.141 e. The van der Waals surface area contributed by atoms with E-state index in [1.54, 1.807) is 12.1 Å². The number of benzene rings is 2. The zero-order chi connectivity index (χ0) is 13.1. The number of hydrogen-bond donors (Lipinski definition) is 1. The Morgan fingerprint density at radius 1 is 1.17 bits per heavy atom. The van der Waals surface area contributed by atoms with Gasteiger partial charge in [0.25, 0.3) is 0 Å². The van der Waals surface area contributed by atoms with Crippen molar-refractivity contribution < 1.29 is 4.74 Å². The van der Waals surface area contributed by atoms with Crippen LogP contribution in [0.3, 0.4) is 0 Å². The van der Waals surface area contributed by atoms with Crippen LogP contribution in [0.15, 0.2) is 46.9 Å². The minimum Gasteiger partial charge on any atom is -0.456 e. The van der Waals surface area contributed by atoms with E-state index < -0.39 is 0 Å². The van der Waals surface area contributed by atoms with E-state index in [1.807, 2.05) is 37.3 Å². The third kappa shape index (κ3) is 3.05. The van der Waals surface area contributed by atoms with Crippen LogP contribution in [0.5, 0.6) is 11.5 Å². The summed E-state index contributed by atoms with van der Waals surface area (Å²) in [5, 5.41) is 0.662. The molecule has 0 spiro atoms. The Kier molecular flexibility index (Phi) is 4.27. The molecule has 0 saturated heterocycles. The lowest BCUT2D eigenvalue weighted by Gasteiger charge is -2.14. The van der Waals surface area contributed by atoms with Crippen LogP contribution in [0.4, 0.5) is 0 Å². The maximum Gasteiger partial charge on any atom is 0.141 e. The number of para-hydroxylation sites is 1. The van der Waals surface area contributed by atoms with Gasteiger partial charge in [0.2, 0.25) is 0 Å². The number of rotatable bonds is 3. The van der Waals surface area contributed by atoms with Gasteiger partial charge in [0.05, 0.1) is 4.47 Å². The first-order valence-electron chi connectivity index (χ1n) is 5.55. The van der Waals surface area contributed by atoms with Crippen molar-refractivity contribution in [1.29, 1.82) is 0 Å². The predicted molar refractivity (Wildman–Crippen MR) is 78.3 cm³/mol. The SMILES string of the molecule is CC(N)c1ccccc1Oc1ccc(Cl)cc1Br. The van der Waals surface area contributed by atoms with Crippen LogP contribution in [0.1, 0.15) is 18.5 Å². The molecule has 0 saturated carbocycles. The highest BCUT2D eigenvalue weighted by atomic mass is 79.9. The van der Waals surface area contributed by atoms with E-state index >= 15 is 0 Å². The predicted octanol–water partition coefficient (Wildman–Crippen LogP) is 4.91. The Morgan fingerprint density at radius 2 is 1.89 bits per heavy atom. The topological polar surface area (TPSA) is 35.2 Å². The summed E-state index contributed by atoms with van der Waals surface area (Å²) in [4.78, 5) is 0. The van der Waals surface area contributed by atoms with Gasteiger partial charge in [0.15, 0.2) is 0 Å². The number of ether oxygens (including phenoxy) is 1. The molecule has 0 amide bonds. The Bertz CT molecular complexity index is 557. The third-order valence-corrected chi connectivity index (χ3v) is 3.38. The second-order valence-electron chi connectivity index (χ2n) is 4.00. The van der Waals surface area contributed by atoms with Crippen molar-refractivity contribution in [3.8, 4) is 11.5 Å². The minimum atomic E-state index is -0.0766. The lowest BCUT2D eigenvalue weighted by molar-refractivity contribution is 0.469. The van der Waals surface area contributed by atoms with Gasteiger partial charge in [-0.25, -0.2) is 0 Å². The molecule has 1 unspecified atom stereocenters. The molecule has 0 heterocycles. The maximum atomic E-state index is 5.92. The van der Waals surface area contributed by atoms with Gasteiger partial charge >= 0.3 is 0 Å². The monoisotopic (exact) mass is 325 g/mol. The summed E-state index contributed by atoms with van der Waals surface area (Å²) in [7, 11) is 0. The summed E-state index contributed by atoms with van der Waals surface area (Å²) in [6, 6.07) is 13.1. The molecule has 0 aliphatic rings. The molecule has 18 heavy (non-hydrogen) atoms. The van der Waals surface area contributed by atoms with E-state index in [-0.39, 0.29) is 6.04 Å². The van der Waals surface area contributed by atoms with Crippen molar-refractivity contribution in [1.82, 2.24) is 0 Å². The first kappa shape index (κ1) is 13.4. The minimum absolute atomic E-state index is 0.0766. The molecule has 2 aromatic rings. The molecular weight excluding hydrogens is 314 g/mol. The van der Waals surface area contributed by atoms with Crippen LogP contribution in [-0.2, 0) is 0 Å². The van der Waals surface area contributed by atoms with Gasteiger partial charge in [0.1, 0.15) is 11.5 Å². The average molecular weight is 327 g/mol. The summed E-state index contributed by atoms with van der Waals surface area (Å²) in [5.41, 5.74) is 6.89. The number of hydrogen-bond acceptors (Lipinski definition) is 2. The Morgan fingerprint density at radius 3 is 2.56 bits per heavy atom. The molecule has 94 valence electrons. The molecular formula is C14H13BrClNO. The van der Waals surface area contributed by atoms with Crippen molar-refractivity contribution in [3.63, 3.8) is 0 Å². The van der Waals surface area contributed by atoms with E-state index in [0.717, 1.165) is 15.8 Å². The molecule has 0 aliphatic heterocycles. The zero-order valence-electron chi connectivity index (χ0n) is 9.86. The normalized spacial score (nSPS) is 12.2. The summed E-state index contributed by atoms with van der Waals surface area (Å²) in [5.74, 6) is 1.48. The molecule has 0 radical (unpaired) electrons. The molecule has 0 aromatic heterocycles. The maximum absolute atomic E-state index is 5.92. The van der Waals surface area contributed by atoms with Crippen molar-refractivity contribution in [2.75, 3.05) is 0 Å². The van der Waals surface area contributed by atoms with Crippen LogP contribution >= 0.6 is 27.5 Å². The molecule has 0 aliphatic carbocycles. The van der Waals surface area contributed by atoms with E-state index in [4.69, 9.17) is 22.1 Å². The van der Waals surface area contributed by atoms with Crippen molar-refractivity contribution in [2.24, 2.45) is 5.73 Å². The van der Waals surface area contributed by atoms with Crippen molar-refractivity contribution in [2.45, 2.75) is 13.0 Å². The second-order valence-corrected chi connectivity index (χ2v) is 5.29. The molecule has 2 aromatic carbocycles. The fourth-order valence-corrected chi connectivity index (χ4v) is 2.39. The molecule has 2 nitrogen and oxygen atoms in total. The first-order valence-corrected chi connectivity index (χ1v) is 6.72. The van der Waals surface area contributed by atoms with E-state index in [0.29, 0.717) is 10.8 Å². The number of nitrogens with two attached hydrogens (primary N) is 1. The Balaban J connectivity index is 2.34. The van der Waals surface area contributed by atoms with Gasteiger partial charge in [-0.05, 0) is 47.1 Å². The van der Waals surface area contributed by atoms with E-state index in [9.17, 15) is 0 Å². The zero-order valence-corrected chi connectivity index (χ0v) is 12.2. The molecule has 2 N–H and O–H groups in total. The van der Waals surface area contributed by atoms with E-state index in [1.165, 1.54) is 0 Å². The highest BCUT2D eigenvalue weighted by Gasteiger charge is 2.10. The van der Waals surface area contributed by atoms with Gasteiger partial charge in [-0.2, -0.15) is 0 Å². The van der Waals surface area contributed by atoms with Crippen molar-refractivity contribution >= 4 is 27.5 Å². The Labute approximate surface area is 120 Å². The lowest BCUT2D eigenvalue weighted by Crippen LogP contribution is -2.06. The molecule has 0 fully saturated rings. The summed E-state index contributed by atoms with van der Waals surface area (Å²) in [6.45, 7) is 1.93. The second kappa shape index (κ2) is 5.74.